The van der Waals surface area contributed by atoms with Gasteiger partial charge in [0.25, 0.3) is 0 Å². The SMILES string of the molecule is COc1ccc(C2COc3ccccc3N2)cc1Br. The normalized spacial score (nSPS) is 17.1. The van der Waals surface area contributed by atoms with Crippen molar-refractivity contribution in [2.45, 2.75) is 6.04 Å². The number of halogens is 1. The molecule has 0 spiro atoms. The third-order valence-electron chi connectivity index (χ3n) is 3.20. The van der Waals surface area contributed by atoms with Crippen molar-refractivity contribution in [1.29, 1.82) is 0 Å². The Hall–Kier alpha value is -1.68. The Kier molecular flexibility index (Phi) is 3.34. The minimum atomic E-state index is 0.150. The van der Waals surface area contributed by atoms with Gasteiger partial charge in [0, 0.05) is 0 Å². The molecule has 3 nitrogen and oxygen atoms in total. The second-order valence-electron chi connectivity index (χ2n) is 4.40. The summed E-state index contributed by atoms with van der Waals surface area (Å²) >= 11 is 3.51. The molecule has 0 amide bonds. The lowest BCUT2D eigenvalue weighted by Gasteiger charge is -2.28. The van der Waals surface area contributed by atoms with Gasteiger partial charge in [-0.15, -0.1) is 0 Å². The van der Waals surface area contributed by atoms with E-state index in [4.69, 9.17) is 9.47 Å². The van der Waals surface area contributed by atoms with Crippen LogP contribution in [0.1, 0.15) is 11.6 Å². The van der Waals surface area contributed by atoms with Gasteiger partial charge in [-0.2, -0.15) is 0 Å². The van der Waals surface area contributed by atoms with Gasteiger partial charge in [0.2, 0.25) is 0 Å². The molecular formula is C15H14BrNO2. The summed E-state index contributed by atoms with van der Waals surface area (Å²) in [6.07, 6.45) is 0. The zero-order chi connectivity index (χ0) is 13.2. The maximum Gasteiger partial charge on any atom is 0.142 e. The van der Waals surface area contributed by atoms with Gasteiger partial charge in [-0.1, -0.05) is 18.2 Å². The van der Waals surface area contributed by atoms with Gasteiger partial charge in [0.15, 0.2) is 0 Å². The Morgan fingerprint density at radius 1 is 1.26 bits per heavy atom. The van der Waals surface area contributed by atoms with Crippen LogP contribution in [0.5, 0.6) is 11.5 Å². The van der Waals surface area contributed by atoms with Crippen molar-refractivity contribution < 1.29 is 9.47 Å². The number of fused-ring (bicyclic) bond motifs is 1. The lowest BCUT2D eigenvalue weighted by molar-refractivity contribution is 0.286. The summed E-state index contributed by atoms with van der Waals surface area (Å²) in [7, 11) is 1.66. The van der Waals surface area contributed by atoms with E-state index in [0.29, 0.717) is 6.61 Å². The van der Waals surface area contributed by atoms with Crippen LogP contribution in [0.4, 0.5) is 5.69 Å². The summed E-state index contributed by atoms with van der Waals surface area (Å²) in [4.78, 5) is 0. The van der Waals surface area contributed by atoms with E-state index in [0.717, 1.165) is 21.7 Å². The highest BCUT2D eigenvalue weighted by Crippen LogP contribution is 2.35. The van der Waals surface area contributed by atoms with E-state index in [1.165, 1.54) is 5.56 Å². The smallest absolute Gasteiger partial charge is 0.142 e. The second kappa shape index (κ2) is 5.13. The molecule has 1 unspecified atom stereocenters. The van der Waals surface area contributed by atoms with Crippen LogP contribution in [0.2, 0.25) is 0 Å². The van der Waals surface area contributed by atoms with Crippen molar-refractivity contribution in [3.63, 3.8) is 0 Å². The average Bonchev–Trinajstić information content (AvgIpc) is 2.46. The standard InChI is InChI=1S/C15H14BrNO2/c1-18-14-7-6-10(8-11(14)16)13-9-19-15-5-3-2-4-12(15)17-13/h2-8,13,17H,9H2,1H3. The summed E-state index contributed by atoms with van der Waals surface area (Å²) < 4.78 is 12.0. The Bertz CT molecular complexity index is 600. The van der Waals surface area contributed by atoms with Crippen LogP contribution in [-0.4, -0.2) is 13.7 Å². The monoisotopic (exact) mass is 319 g/mol. The van der Waals surface area contributed by atoms with Crippen LogP contribution < -0.4 is 14.8 Å². The number of ether oxygens (including phenoxy) is 2. The molecule has 0 saturated heterocycles. The van der Waals surface area contributed by atoms with Crippen molar-refractivity contribution in [1.82, 2.24) is 0 Å². The Morgan fingerprint density at radius 3 is 2.89 bits per heavy atom. The molecule has 0 radical (unpaired) electrons. The number of methoxy groups -OCH3 is 1. The fourth-order valence-electron chi connectivity index (χ4n) is 2.19. The molecule has 0 aliphatic carbocycles. The Balaban J connectivity index is 1.87. The first-order valence-electron chi connectivity index (χ1n) is 6.10. The minimum absolute atomic E-state index is 0.150. The molecule has 0 bridgehead atoms. The lowest BCUT2D eigenvalue weighted by atomic mass is 10.1. The molecule has 1 aliphatic rings. The van der Waals surface area contributed by atoms with E-state index >= 15 is 0 Å². The number of nitrogens with one attached hydrogen (secondary N) is 1. The molecular weight excluding hydrogens is 306 g/mol. The van der Waals surface area contributed by atoms with E-state index in [1.807, 2.05) is 30.3 Å². The maximum absolute atomic E-state index is 5.78. The molecule has 0 aromatic heterocycles. The van der Waals surface area contributed by atoms with Crippen LogP contribution in [-0.2, 0) is 0 Å². The summed E-state index contributed by atoms with van der Waals surface area (Å²) in [5.74, 6) is 1.74. The van der Waals surface area contributed by atoms with Gasteiger partial charge >= 0.3 is 0 Å². The first kappa shape index (κ1) is 12.4. The highest BCUT2D eigenvalue weighted by Gasteiger charge is 2.20. The number of anilines is 1. The Morgan fingerprint density at radius 2 is 2.11 bits per heavy atom. The van der Waals surface area contributed by atoms with Gasteiger partial charge in [-0.25, -0.2) is 0 Å². The van der Waals surface area contributed by atoms with Crippen molar-refractivity contribution in [2.24, 2.45) is 0 Å². The van der Waals surface area contributed by atoms with E-state index in [2.05, 4.69) is 33.4 Å². The van der Waals surface area contributed by atoms with Crippen LogP contribution >= 0.6 is 15.9 Å². The van der Waals surface area contributed by atoms with Crippen LogP contribution in [0.25, 0.3) is 0 Å². The fourth-order valence-corrected chi connectivity index (χ4v) is 2.75. The molecule has 98 valence electrons. The fraction of sp³-hybridized carbons (Fsp3) is 0.200. The van der Waals surface area contributed by atoms with Crippen molar-refractivity contribution in [3.8, 4) is 11.5 Å². The highest BCUT2D eigenvalue weighted by molar-refractivity contribution is 9.10. The molecule has 2 aromatic rings. The largest absolute Gasteiger partial charge is 0.496 e. The predicted octanol–water partition coefficient (Wildman–Crippen LogP) is 4.00. The van der Waals surface area contributed by atoms with Crippen LogP contribution in [0.15, 0.2) is 46.9 Å². The number of benzene rings is 2. The highest BCUT2D eigenvalue weighted by atomic mass is 79.9. The molecule has 19 heavy (non-hydrogen) atoms. The number of para-hydroxylation sites is 2. The van der Waals surface area contributed by atoms with Gasteiger partial charge in [-0.05, 0) is 45.8 Å². The summed E-state index contributed by atoms with van der Waals surface area (Å²) in [6.45, 7) is 0.621. The summed E-state index contributed by atoms with van der Waals surface area (Å²) in [6, 6.07) is 14.2. The van der Waals surface area contributed by atoms with Gasteiger partial charge in [0.1, 0.15) is 18.1 Å². The van der Waals surface area contributed by atoms with E-state index < -0.39 is 0 Å². The quantitative estimate of drug-likeness (QED) is 0.907. The molecule has 1 aliphatic heterocycles. The van der Waals surface area contributed by atoms with Crippen LogP contribution in [0, 0.1) is 0 Å². The zero-order valence-corrected chi connectivity index (χ0v) is 12.1. The zero-order valence-electron chi connectivity index (χ0n) is 10.5. The van der Waals surface area contributed by atoms with Gasteiger partial charge in [-0.3, -0.25) is 0 Å². The van der Waals surface area contributed by atoms with E-state index in [9.17, 15) is 0 Å². The number of rotatable bonds is 2. The first-order chi connectivity index (χ1) is 9.28. The molecule has 0 saturated carbocycles. The van der Waals surface area contributed by atoms with Gasteiger partial charge in [0.05, 0.1) is 23.3 Å². The third kappa shape index (κ3) is 2.40. The Labute approximate surface area is 120 Å². The molecule has 0 fully saturated rings. The van der Waals surface area contributed by atoms with E-state index in [1.54, 1.807) is 7.11 Å². The summed E-state index contributed by atoms with van der Waals surface area (Å²) in [5, 5.41) is 3.49. The number of hydrogen-bond donors (Lipinski definition) is 1. The molecule has 3 rings (SSSR count). The molecule has 2 aromatic carbocycles. The summed E-state index contributed by atoms with van der Waals surface area (Å²) in [5.41, 5.74) is 2.20. The first-order valence-corrected chi connectivity index (χ1v) is 6.89. The van der Waals surface area contributed by atoms with Gasteiger partial charge < -0.3 is 14.8 Å². The predicted molar refractivity (Wildman–Crippen MR) is 79.0 cm³/mol. The number of hydrogen-bond acceptors (Lipinski definition) is 3. The molecule has 1 atom stereocenters. The minimum Gasteiger partial charge on any atom is -0.496 e. The average molecular weight is 320 g/mol. The lowest BCUT2D eigenvalue weighted by Crippen LogP contribution is -2.23. The maximum atomic E-state index is 5.78. The van der Waals surface area contributed by atoms with E-state index in [-0.39, 0.29) is 6.04 Å². The molecule has 1 heterocycles. The van der Waals surface area contributed by atoms with Crippen molar-refractivity contribution >= 4 is 21.6 Å². The molecule has 4 heteroatoms. The van der Waals surface area contributed by atoms with Crippen molar-refractivity contribution in [2.75, 3.05) is 19.0 Å². The van der Waals surface area contributed by atoms with Crippen molar-refractivity contribution in [3.05, 3.63) is 52.5 Å². The topological polar surface area (TPSA) is 30.5 Å². The van der Waals surface area contributed by atoms with Crippen LogP contribution in [0.3, 0.4) is 0 Å². The molecule has 1 N–H and O–H groups in total. The third-order valence-corrected chi connectivity index (χ3v) is 3.82. The second-order valence-corrected chi connectivity index (χ2v) is 5.25.